The topological polar surface area (TPSA) is 38.5 Å². The fourth-order valence-corrected chi connectivity index (χ4v) is 2.34. The van der Waals surface area contributed by atoms with E-state index in [0.29, 0.717) is 0 Å². The third-order valence-corrected chi connectivity index (χ3v) is 2.94. The Hall–Kier alpha value is -1.22. The summed E-state index contributed by atoms with van der Waals surface area (Å²) < 4.78 is 5.72. The number of anilines is 2. The Morgan fingerprint density at radius 2 is 1.88 bits per heavy atom. The standard InChI is InChI=1S/C13H20N2O/c1-9-4-5-13(12(14)6-9)15-7-10(2)16-11(3)8-15/h4-6,10-11H,7-8,14H2,1-3H3/t10-,11-/m0/s1. The number of ether oxygens (including phenoxy) is 1. The summed E-state index contributed by atoms with van der Waals surface area (Å²) in [6, 6.07) is 6.24. The average molecular weight is 220 g/mol. The maximum absolute atomic E-state index is 6.06. The van der Waals surface area contributed by atoms with Crippen molar-refractivity contribution in [3.05, 3.63) is 23.8 Å². The largest absolute Gasteiger partial charge is 0.397 e. The van der Waals surface area contributed by atoms with Crippen LogP contribution in [0.15, 0.2) is 18.2 Å². The molecule has 2 N–H and O–H groups in total. The number of benzene rings is 1. The molecule has 0 saturated carbocycles. The van der Waals surface area contributed by atoms with Crippen molar-refractivity contribution in [3.63, 3.8) is 0 Å². The molecule has 0 bridgehead atoms. The molecule has 0 radical (unpaired) electrons. The summed E-state index contributed by atoms with van der Waals surface area (Å²) in [6.45, 7) is 8.10. The monoisotopic (exact) mass is 220 g/mol. The van der Waals surface area contributed by atoms with E-state index in [-0.39, 0.29) is 12.2 Å². The third-order valence-electron chi connectivity index (χ3n) is 2.94. The minimum absolute atomic E-state index is 0.268. The molecule has 0 aliphatic carbocycles. The molecule has 1 aliphatic heterocycles. The third kappa shape index (κ3) is 2.30. The van der Waals surface area contributed by atoms with Crippen LogP contribution in [0.2, 0.25) is 0 Å². The fourth-order valence-electron chi connectivity index (χ4n) is 2.34. The lowest BCUT2D eigenvalue weighted by Gasteiger charge is -2.37. The first-order valence-electron chi connectivity index (χ1n) is 5.83. The molecule has 1 saturated heterocycles. The number of nitrogen functional groups attached to an aromatic ring is 1. The van der Waals surface area contributed by atoms with Crippen LogP contribution in [0.4, 0.5) is 11.4 Å². The van der Waals surface area contributed by atoms with Crippen LogP contribution in [0.3, 0.4) is 0 Å². The first-order valence-corrected chi connectivity index (χ1v) is 5.83. The second kappa shape index (κ2) is 4.34. The van der Waals surface area contributed by atoms with E-state index in [9.17, 15) is 0 Å². The van der Waals surface area contributed by atoms with Gasteiger partial charge >= 0.3 is 0 Å². The minimum atomic E-state index is 0.268. The maximum atomic E-state index is 6.06. The molecular weight excluding hydrogens is 200 g/mol. The maximum Gasteiger partial charge on any atom is 0.0726 e. The zero-order valence-corrected chi connectivity index (χ0v) is 10.2. The molecule has 1 fully saturated rings. The predicted octanol–water partition coefficient (Wildman–Crippen LogP) is 2.19. The predicted molar refractivity (Wildman–Crippen MR) is 67.8 cm³/mol. The quantitative estimate of drug-likeness (QED) is 0.737. The van der Waals surface area contributed by atoms with Gasteiger partial charge in [-0.15, -0.1) is 0 Å². The number of hydrogen-bond acceptors (Lipinski definition) is 3. The molecule has 3 nitrogen and oxygen atoms in total. The average Bonchev–Trinajstić information content (AvgIpc) is 2.15. The van der Waals surface area contributed by atoms with Crippen LogP contribution in [-0.2, 0) is 4.74 Å². The van der Waals surface area contributed by atoms with Crippen LogP contribution in [0.5, 0.6) is 0 Å². The highest BCUT2D eigenvalue weighted by molar-refractivity contribution is 5.68. The number of hydrogen-bond donors (Lipinski definition) is 1. The van der Waals surface area contributed by atoms with Gasteiger partial charge in [-0.3, -0.25) is 0 Å². The molecule has 2 rings (SSSR count). The van der Waals surface area contributed by atoms with Gasteiger partial charge in [0.1, 0.15) is 0 Å². The molecule has 0 spiro atoms. The van der Waals surface area contributed by atoms with Gasteiger partial charge in [-0.05, 0) is 38.5 Å². The van der Waals surface area contributed by atoms with E-state index in [4.69, 9.17) is 10.5 Å². The number of nitrogens with zero attached hydrogens (tertiary/aromatic N) is 1. The van der Waals surface area contributed by atoms with E-state index in [1.807, 2.05) is 6.07 Å². The molecule has 1 aliphatic rings. The summed E-state index contributed by atoms with van der Waals surface area (Å²) in [5.74, 6) is 0. The van der Waals surface area contributed by atoms with Gasteiger partial charge in [0.05, 0.1) is 23.6 Å². The highest BCUT2D eigenvalue weighted by Crippen LogP contribution is 2.27. The molecule has 88 valence electrons. The normalized spacial score (nSPS) is 25.8. The van der Waals surface area contributed by atoms with Crippen molar-refractivity contribution < 1.29 is 4.74 Å². The second-order valence-electron chi connectivity index (χ2n) is 4.72. The Labute approximate surface area is 97.2 Å². The zero-order valence-electron chi connectivity index (χ0n) is 10.2. The van der Waals surface area contributed by atoms with E-state index in [1.54, 1.807) is 0 Å². The van der Waals surface area contributed by atoms with Gasteiger partial charge < -0.3 is 15.4 Å². The molecule has 16 heavy (non-hydrogen) atoms. The Morgan fingerprint density at radius 1 is 1.25 bits per heavy atom. The fraction of sp³-hybridized carbons (Fsp3) is 0.538. The van der Waals surface area contributed by atoms with Gasteiger partial charge in [0, 0.05) is 13.1 Å². The van der Waals surface area contributed by atoms with Crippen molar-refractivity contribution in [1.29, 1.82) is 0 Å². The van der Waals surface area contributed by atoms with Crippen molar-refractivity contribution >= 4 is 11.4 Å². The number of rotatable bonds is 1. The van der Waals surface area contributed by atoms with Crippen LogP contribution < -0.4 is 10.6 Å². The van der Waals surface area contributed by atoms with Crippen molar-refractivity contribution in [3.8, 4) is 0 Å². The van der Waals surface area contributed by atoms with Crippen molar-refractivity contribution in [2.24, 2.45) is 0 Å². The van der Waals surface area contributed by atoms with Crippen LogP contribution in [0, 0.1) is 6.92 Å². The van der Waals surface area contributed by atoms with Crippen molar-refractivity contribution in [2.75, 3.05) is 23.7 Å². The van der Waals surface area contributed by atoms with Crippen LogP contribution in [-0.4, -0.2) is 25.3 Å². The lowest BCUT2D eigenvalue weighted by molar-refractivity contribution is -0.00517. The number of aryl methyl sites for hydroxylation is 1. The molecule has 1 heterocycles. The summed E-state index contributed by atoms with van der Waals surface area (Å²) in [7, 11) is 0. The van der Waals surface area contributed by atoms with Crippen molar-refractivity contribution in [1.82, 2.24) is 0 Å². The lowest BCUT2D eigenvalue weighted by Crippen LogP contribution is -2.45. The first-order chi connectivity index (χ1) is 7.56. The van der Waals surface area contributed by atoms with Crippen LogP contribution >= 0.6 is 0 Å². The highest BCUT2D eigenvalue weighted by Gasteiger charge is 2.23. The molecule has 2 atom stereocenters. The summed E-state index contributed by atoms with van der Waals surface area (Å²) in [6.07, 6.45) is 0.536. The van der Waals surface area contributed by atoms with Gasteiger partial charge in [0.2, 0.25) is 0 Å². The molecule has 0 aromatic heterocycles. The SMILES string of the molecule is Cc1ccc(N2C[C@H](C)O[C@@H](C)C2)c(N)c1. The Balaban J connectivity index is 2.23. The van der Waals surface area contributed by atoms with Gasteiger partial charge in [0.15, 0.2) is 0 Å². The van der Waals surface area contributed by atoms with E-state index in [0.717, 1.165) is 24.5 Å². The van der Waals surface area contributed by atoms with Gasteiger partial charge in [-0.1, -0.05) is 6.07 Å². The van der Waals surface area contributed by atoms with Crippen LogP contribution in [0.25, 0.3) is 0 Å². The molecule has 3 heteroatoms. The highest BCUT2D eigenvalue weighted by atomic mass is 16.5. The minimum Gasteiger partial charge on any atom is -0.397 e. The summed E-state index contributed by atoms with van der Waals surface area (Å²) >= 11 is 0. The lowest BCUT2D eigenvalue weighted by atomic mass is 10.1. The van der Waals surface area contributed by atoms with E-state index in [2.05, 4.69) is 37.8 Å². The van der Waals surface area contributed by atoms with Gasteiger partial charge in [-0.2, -0.15) is 0 Å². The van der Waals surface area contributed by atoms with E-state index < -0.39 is 0 Å². The van der Waals surface area contributed by atoms with Crippen LogP contribution in [0.1, 0.15) is 19.4 Å². The molecule has 0 amide bonds. The first kappa shape index (κ1) is 11.3. The number of morpholine rings is 1. The molecular formula is C13H20N2O. The molecule has 1 aromatic rings. The second-order valence-corrected chi connectivity index (χ2v) is 4.72. The zero-order chi connectivity index (χ0) is 11.7. The van der Waals surface area contributed by atoms with Gasteiger partial charge in [-0.25, -0.2) is 0 Å². The smallest absolute Gasteiger partial charge is 0.0726 e. The van der Waals surface area contributed by atoms with Gasteiger partial charge in [0.25, 0.3) is 0 Å². The summed E-state index contributed by atoms with van der Waals surface area (Å²) in [5.41, 5.74) is 9.26. The van der Waals surface area contributed by atoms with Crippen molar-refractivity contribution in [2.45, 2.75) is 33.0 Å². The Morgan fingerprint density at radius 3 is 2.44 bits per heavy atom. The number of nitrogens with two attached hydrogens (primary N) is 1. The van der Waals surface area contributed by atoms with E-state index in [1.165, 1.54) is 5.56 Å². The summed E-state index contributed by atoms with van der Waals surface area (Å²) in [4.78, 5) is 2.31. The Bertz CT molecular complexity index is 368. The summed E-state index contributed by atoms with van der Waals surface area (Å²) in [5, 5.41) is 0. The van der Waals surface area contributed by atoms with E-state index >= 15 is 0 Å². The molecule has 1 aromatic carbocycles. The molecule has 0 unspecified atom stereocenters. The Kier molecular flexibility index (Phi) is 3.06.